The minimum absolute atomic E-state index is 0.292. The highest BCUT2D eigenvalue weighted by molar-refractivity contribution is 6.17. The maximum Gasteiger partial charge on any atom is 0.133 e. The summed E-state index contributed by atoms with van der Waals surface area (Å²) in [4.78, 5) is 7.13. The van der Waals surface area contributed by atoms with Crippen LogP contribution in [0.1, 0.15) is 18.9 Å². The zero-order chi connectivity index (χ0) is 13.9. The number of anilines is 1. The lowest BCUT2D eigenvalue weighted by atomic mass is 10.1. The monoisotopic (exact) mass is 290 g/mol. The van der Waals surface area contributed by atoms with Crippen LogP contribution >= 0.6 is 11.6 Å². The number of nitrogens with zero attached hydrogens (tertiary/aromatic N) is 2. The first-order valence-electron chi connectivity index (χ1n) is 7.13. The van der Waals surface area contributed by atoms with Crippen molar-refractivity contribution in [2.75, 3.05) is 24.6 Å². The summed E-state index contributed by atoms with van der Waals surface area (Å²) in [6, 6.07) is 10.3. The molecule has 20 heavy (non-hydrogen) atoms. The second kappa shape index (κ2) is 5.98. The fourth-order valence-corrected chi connectivity index (χ4v) is 2.88. The zero-order valence-electron chi connectivity index (χ0n) is 11.7. The molecule has 3 nitrogen and oxygen atoms in total. The Bertz CT molecular complexity index is 602. The summed E-state index contributed by atoms with van der Waals surface area (Å²) in [6.07, 6.45) is 1.32. The largest absolute Gasteiger partial charge is 0.375 e. The van der Waals surface area contributed by atoms with Crippen molar-refractivity contribution in [2.24, 2.45) is 0 Å². The van der Waals surface area contributed by atoms with Gasteiger partial charge < -0.3 is 9.64 Å². The third-order valence-corrected chi connectivity index (χ3v) is 4.11. The van der Waals surface area contributed by atoms with Crippen LogP contribution in [0.5, 0.6) is 0 Å². The van der Waals surface area contributed by atoms with E-state index in [0.29, 0.717) is 12.0 Å². The number of fused-ring (bicyclic) bond motifs is 1. The second-order valence-electron chi connectivity index (χ2n) is 5.14. The number of benzene rings is 1. The summed E-state index contributed by atoms with van der Waals surface area (Å²) in [5.74, 6) is 1.50. The highest BCUT2D eigenvalue weighted by Gasteiger charge is 2.22. The van der Waals surface area contributed by atoms with E-state index in [1.807, 2.05) is 12.1 Å². The van der Waals surface area contributed by atoms with Crippen LogP contribution in [0.3, 0.4) is 0 Å². The smallest absolute Gasteiger partial charge is 0.133 e. The van der Waals surface area contributed by atoms with Gasteiger partial charge in [-0.25, -0.2) is 4.98 Å². The minimum atomic E-state index is 0.292. The first-order chi connectivity index (χ1) is 9.81. The number of ether oxygens (including phenoxy) is 1. The minimum Gasteiger partial charge on any atom is -0.375 e. The van der Waals surface area contributed by atoms with Crippen LogP contribution in [0.2, 0.25) is 0 Å². The summed E-state index contributed by atoms with van der Waals surface area (Å²) in [5, 5.41) is 1.15. The molecule has 1 saturated heterocycles. The van der Waals surface area contributed by atoms with E-state index < -0.39 is 0 Å². The predicted octanol–water partition coefficient (Wildman–Crippen LogP) is 3.59. The number of hydrogen-bond acceptors (Lipinski definition) is 3. The Morgan fingerprint density at radius 1 is 1.40 bits per heavy atom. The van der Waals surface area contributed by atoms with E-state index in [-0.39, 0.29) is 0 Å². The van der Waals surface area contributed by atoms with Gasteiger partial charge in [-0.05, 0) is 18.6 Å². The molecule has 4 heteroatoms. The van der Waals surface area contributed by atoms with Crippen molar-refractivity contribution in [1.29, 1.82) is 0 Å². The fourth-order valence-electron chi connectivity index (χ4n) is 2.68. The molecule has 0 aliphatic carbocycles. The molecule has 1 aliphatic heterocycles. The van der Waals surface area contributed by atoms with Crippen molar-refractivity contribution in [1.82, 2.24) is 4.98 Å². The Kier molecular flexibility index (Phi) is 4.08. The Morgan fingerprint density at radius 2 is 2.25 bits per heavy atom. The van der Waals surface area contributed by atoms with Crippen LogP contribution in [0.25, 0.3) is 10.9 Å². The van der Waals surface area contributed by atoms with Crippen LogP contribution in [0.4, 0.5) is 5.82 Å². The fraction of sp³-hybridized carbons (Fsp3) is 0.438. The van der Waals surface area contributed by atoms with E-state index >= 15 is 0 Å². The van der Waals surface area contributed by atoms with E-state index in [9.17, 15) is 0 Å². The van der Waals surface area contributed by atoms with Gasteiger partial charge in [0.25, 0.3) is 0 Å². The van der Waals surface area contributed by atoms with Gasteiger partial charge in [-0.1, -0.05) is 25.1 Å². The number of pyridine rings is 1. The van der Waals surface area contributed by atoms with Crippen molar-refractivity contribution in [3.05, 3.63) is 35.9 Å². The topological polar surface area (TPSA) is 25.4 Å². The third kappa shape index (κ3) is 2.60. The van der Waals surface area contributed by atoms with Gasteiger partial charge in [0.15, 0.2) is 0 Å². The Hall–Kier alpha value is -1.32. The molecule has 0 bridgehead atoms. The molecule has 1 atom stereocenters. The molecule has 1 fully saturated rings. The molecule has 3 rings (SSSR count). The lowest BCUT2D eigenvalue weighted by molar-refractivity contribution is 0.0381. The van der Waals surface area contributed by atoms with Crippen LogP contribution in [-0.2, 0) is 10.6 Å². The van der Waals surface area contributed by atoms with Crippen molar-refractivity contribution >= 4 is 28.3 Å². The van der Waals surface area contributed by atoms with Gasteiger partial charge in [0.05, 0.1) is 24.1 Å². The predicted molar refractivity (Wildman–Crippen MR) is 83.5 cm³/mol. The summed E-state index contributed by atoms with van der Waals surface area (Å²) in [5.41, 5.74) is 2.12. The third-order valence-electron chi connectivity index (χ3n) is 3.82. The van der Waals surface area contributed by atoms with Crippen LogP contribution in [0.15, 0.2) is 30.3 Å². The van der Waals surface area contributed by atoms with Gasteiger partial charge >= 0.3 is 0 Å². The Morgan fingerprint density at radius 3 is 3.05 bits per heavy atom. The quantitative estimate of drug-likeness (QED) is 0.808. The van der Waals surface area contributed by atoms with Gasteiger partial charge in [0, 0.05) is 24.0 Å². The van der Waals surface area contributed by atoms with E-state index in [2.05, 4.69) is 30.0 Å². The number of para-hydroxylation sites is 1. The summed E-state index contributed by atoms with van der Waals surface area (Å²) < 4.78 is 5.74. The summed E-state index contributed by atoms with van der Waals surface area (Å²) in [7, 11) is 0. The van der Waals surface area contributed by atoms with Crippen molar-refractivity contribution in [2.45, 2.75) is 25.3 Å². The number of hydrogen-bond donors (Lipinski definition) is 0. The molecule has 1 unspecified atom stereocenters. The van der Waals surface area contributed by atoms with E-state index in [0.717, 1.165) is 48.4 Å². The molecule has 0 radical (unpaired) electrons. The van der Waals surface area contributed by atoms with Gasteiger partial charge in [-0.15, -0.1) is 11.6 Å². The van der Waals surface area contributed by atoms with Crippen LogP contribution < -0.4 is 4.90 Å². The molecule has 0 N–H and O–H groups in total. The summed E-state index contributed by atoms with van der Waals surface area (Å²) >= 11 is 6.12. The molecule has 1 aromatic carbocycles. The van der Waals surface area contributed by atoms with Crippen molar-refractivity contribution in [3.63, 3.8) is 0 Å². The molecule has 2 heterocycles. The lowest BCUT2D eigenvalue weighted by Crippen LogP contribution is -2.43. The molecular formula is C16H19ClN2O. The molecule has 0 spiro atoms. The van der Waals surface area contributed by atoms with Crippen LogP contribution in [0, 0.1) is 0 Å². The standard InChI is InChI=1S/C16H19ClN2O/c1-2-14-11-19(7-8-20-14)16-13(10-17)9-12-5-3-4-6-15(12)18-16/h3-6,9,14H,2,7-8,10-11H2,1H3. The first kappa shape index (κ1) is 13.7. The average molecular weight is 291 g/mol. The van der Waals surface area contributed by atoms with Gasteiger partial charge in [0.1, 0.15) is 5.82 Å². The normalized spacial score (nSPS) is 19.5. The lowest BCUT2D eigenvalue weighted by Gasteiger charge is -2.34. The molecule has 1 aromatic heterocycles. The number of aromatic nitrogens is 1. The number of halogens is 1. The molecular weight excluding hydrogens is 272 g/mol. The Balaban J connectivity index is 2.00. The first-order valence-corrected chi connectivity index (χ1v) is 7.66. The highest BCUT2D eigenvalue weighted by atomic mass is 35.5. The number of morpholine rings is 1. The Labute approximate surface area is 124 Å². The SMILES string of the molecule is CCC1CN(c2nc3ccccc3cc2CCl)CCO1. The van der Waals surface area contributed by atoms with E-state index in [4.69, 9.17) is 21.3 Å². The van der Waals surface area contributed by atoms with E-state index in [1.54, 1.807) is 0 Å². The summed E-state index contributed by atoms with van der Waals surface area (Å²) in [6.45, 7) is 4.69. The maximum atomic E-state index is 6.12. The van der Waals surface area contributed by atoms with Gasteiger partial charge in [0.2, 0.25) is 0 Å². The second-order valence-corrected chi connectivity index (χ2v) is 5.41. The van der Waals surface area contributed by atoms with Gasteiger partial charge in [-0.3, -0.25) is 0 Å². The van der Waals surface area contributed by atoms with Crippen LogP contribution in [-0.4, -0.2) is 30.8 Å². The number of alkyl halides is 1. The molecule has 1 aliphatic rings. The molecule has 0 amide bonds. The maximum absolute atomic E-state index is 6.12. The number of rotatable bonds is 3. The van der Waals surface area contributed by atoms with Crippen molar-refractivity contribution in [3.8, 4) is 0 Å². The zero-order valence-corrected chi connectivity index (χ0v) is 12.4. The molecule has 2 aromatic rings. The average Bonchev–Trinajstić information content (AvgIpc) is 2.53. The molecule has 106 valence electrons. The van der Waals surface area contributed by atoms with Gasteiger partial charge in [-0.2, -0.15) is 0 Å². The highest BCUT2D eigenvalue weighted by Crippen LogP contribution is 2.26. The van der Waals surface area contributed by atoms with Crippen molar-refractivity contribution < 1.29 is 4.74 Å². The molecule has 0 saturated carbocycles. The van der Waals surface area contributed by atoms with E-state index in [1.165, 1.54) is 0 Å².